The molecule has 35 heavy (non-hydrogen) atoms. The maximum atomic E-state index is 12.9. The van der Waals surface area contributed by atoms with Crippen molar-refractivity contribution in [1.82, 2.24) is 4.90 Å². The molecule has 7 heteroatoms. The van der Waals surface area contributed by atoms with Gasteiger partial charge in [-0.05, 0) is 62.7 Å². The number of carbonyl (C=O) groups is 4. The first-order valence-electron chi connectivity index (χ1n) is 11.3. The molecule has 178 valence electrons. The maximum absolute atomic E-state index is 12.9. The number of rotatable bonds is 6. The molecular formula is C28H26N2O5. The van der Waals surface area contributed by atoms with Gasteiger partial charge in [0.15, 0.2) is 6.61 Å². The van der Waals surface area contributed by atoms with Crippen LogP contribution in [0.4, 0.5) is 5.69 Å². The number of imide groups is 1. The Morgan fingerprint density at radius 3 is 1.89 bits per heavy atom. The second-order valence-electron chi connectivity index (χ2n) is 9.25. The van der Waals surface area contributed by atoms with Gasteiger partial charge in [0, 0.05) is 12.1 Å². The van der Waals surface area contributed by atoms with Crippen LogP contribution in [0.3, 0.4) is 0 Å². The van der Waals surface area contributed by atoms with Gasteiger partial charge in [-0.1, -0.05) is 42.5 Å². The third kappa shape index (κ3) is 4.99. The summed E-state index contributed by atoms with van der Waals surface area (Å²) in [6.07, 6.45) is 0. The summed E-state index contributed by atoms with van der Waals surface area (Å²) in [4.78, 5) is 53.5. The van der Waals surface area contributed by atoms with Crippen molar-refractivity contribution in [2.24, 2.45) is 0 Å². The quantitative estimate of drug-likeness (QED) is 0.392. The summed E-state index contributed by atoms with van der Waals surface area (Å²) >= 11 is 0. The van der Waals surface area contributed by atoms with Crippen molar-refractivity contribution in [3.63, 3.8) is 0 Å². The van der Waals surface area contributed by atoms with Gasteiger partial charge in [0.1, 0.15) is 0 Å². The van der Waals surface area contributed by atoms with E-state index in [1.807, 2.05) is 51.1 Å². The fourth-order valence-corrected chi connectivity index (χ4v) is 3.92. The highest BCUT2D eigenvalue weighted by Crippen LogP contribution is 2.28. The number of amides is 3. The molecule has 0 aromatic heterocycles. The third-order valence-electron chi connectivity index (χ3n) is 5.78. The zero-order chi connectivity index (χ0) is 25.2. The average molecular weight is 471 g/mol. The van der Waals surface area contributed by atoms with Crippen LogP contribution in [0.25, 0.3) is 0 Å². The van der Waals surface area contributed by atoms with Crippen molar-refractivity contribution < 1.29 is 23.9 Å². The van der Waals surface area contributed by atoms with Crippen molar-refractivity contribution in [2.45, 2.75) is 32.9 Å². The van der Waals surface area contributed by atoms with E-state index in [9.17, 15) is 19.2 Å². The Morgan fingerprint density at radius 1 is 0.800 bits per heavy atom. The van der Waals surface area contributed by atoms with Gasteiger partial charge in [0.05, 0.1) is 22.4 Å². The molecule has 1 aliphatic heterocycles. The van der Waals surface area contributed by atoms with Crippen molar-refractivity contribution >= 4 is 29.4 Å². The molecule has 7 nitrogen and oxygen atoms in total. The summed E-state index contributed by atoms with van der Waals surface area (Å²) in [5.74, 6) is -1.79. The Morgan fingerprint density at radius 2 is 1.34 bits per heavy atom. The number of carbonyl (C=O) groups excluding carboxylic acids is 4. The number of fused-ring (bicyclic) bond motifs is 1. The van der Waals surface area contributed by atoms with E-state index in [4.69, 9.17) is 4.74 Å². The van der Waals surface area contributed by atoms with E-state index >= 15 is 0 Å². The van der Waals surface area contributed by atoms with Crippen LogP contribution >= 0.6 is 0 Å². The number of ether oxygens (including phenoxy) is 1. The van der Waals surface area contributed by atoms with Crippen LogP contribution < -0.4 is 4.90 Å². The molecule has 0 fully saturated rings. The first-order valence-corrected chi connectivity index (χ1v) is 11.3. The Labute approximate surface area is 203 Å². The summed E-state index contributed by atoms with van der Waals surface area (Å²) in [6.45, 7) is 5.77. The fourth-order valence-electron chi connectivity index (χ4n) is 3.92. The van der Waals surface area contributed by atoms with Crippen LogP contribution in [0.15, 0.2) is 78.9 Å². The van der Waals surface area contributed by atoms with E-state index in [0.29, 0.717) is 23.4 Å². The van der Waals surface area contributed by atoms with E-state index in [-0.39, 0.29) is 11.5 Å². The fraction of sp³-hybridized carbons (Fsp3) is 0.214. The smallest absolute Gasteiger partial charge is 0.338 e. The molecule has 0 radical (unpaired) electrons. The molecule has 0 N–H and O–H groups in total. The van der Waals surface area contributed by atoms with Gasteiger partial charge < -0.3 is 9.64 Å². The average Bonchev–Trinajstić information content (AvgIpc) is 3.11. The van der Waals surface area contributed by atoms with E-state index in [0.717, 1.165) is 10.5 Å². The molecule has 0 bridgehead atoms. The molecule has 3 aromatic rings. The summed E-state index contributed by atoms with van der Waals surface area (Å²) in [7, 11) is 0. The van der Waals surface area contributed by atoms with Gasteiger partial charge in [-0.15, -0.1) is 0 Å². The summed E-state index contributed by atoms with van der Waals surface area (Å²) < 4.78 is 5.28. The molecule has 1 heterocycles. The number of hydrogen-bond acceptors (Lipinski definition) is 5. The van der Waals surface area contributed by atoms with Crippen molar-refractivity contribution in [3.8, 4) is 0 Å². The molecule has 0 unspecified atom stereocenters. The van der Waals surface area contributed by atoms with Crippen molar-refractivity contribution in [3.05, 3.63) is 101 Å². The molecule has 4 rings (SSSR count). The van der Waals surface area contributed by atoms with Gasteiger partial charge >= 0.3 is 5.97 Å². The number of anilines is 1. The first-order chi connectivity index (χ1) is 16.7. The van der Waals surface area contributed by atoms with E-state index in [1.165, 1.54) is 24.3 Å². The highest BCUT2D eigenvalue weighted by atomic mass is 16.5. The Balaban J connectivity index is 1.41. The minimum absolute atomic E-state index is 0.212. The van der Waals surface area contributed by atoms with Gasteiger partial charge in [-0.2, -0.15) is 0 Å². The highest BCUT2D eigenvalue weighted by Gasteiger charge is 2.36. The van der Waals surface area contributed by atoms with Crippen LogP contribution in [0.1, 0.15) is 57.4 Å². The first kappa shape index (κ1) is 23.9. The molecular weight excluding hydrogens is 444 g/mol. The molecule has 0 atom stereocenters. The topological polar surface area (TPSA) is 84.0 Å². The minimum Gasteiger partial charge on any atom is -0.452 e. The summed E-state index contributed by atoms with van der Waals surface area (Å²) in [5, 5.41) is 0. The molecule has 3 aromatic carbocycles. The van der Waals surface area contributed by atoms with E-state index < -0.39 is 29.9 Å². The van der Waals surface area contributed by atoms with Crippen LogP contribution in [0.2, 0.25) is 0 Å². The second-order valence-corrected chi connectivity index (χ2v) is 9.25. The molecule has 0 saturated carbocycles. The van der Waals surface area contributed by atoms with Crippen molar-refractivity contribution in [1.29, 1.82) is 0 Å². The molecule has 0 saturated heterocycles. The van der Waals surface area contributed by atoms with Gasteiger partial charge in [0.25, 0.3) is 17.7 Å². The van der Waals surface area contributed by atoms with E-state index in [1.54, 1.807) is 29.2 Å². The number of hydrogen-bond donors (Lipinski definition) is 0. The lowest BCUT2D eigenvalue weighted by atomic mass is 10.0. The Kier molecular flexibility index (Phi) is 6.51. The maximum Gasteiger partial charge on any atom is 0.338 e. The van der Waals surface area contributed by atoms with Gasteiger partial charge in [-0.3, -0.25) is 14.4 Å². The predicted octanol–water partition coefficient (Wildman–Crippen LogP) is 4.47. The third-order valence-corrected chi connectivity index (χ3v) is 5.78. The molecule has 1 aliphatic rings. The number of benzene rings is 3. The summed E-state index contributed by atoms with van der Waals surface area (Å²) in [6, 6.07) is 22.2. The van der Waals surface area contributed by atoms with Crippen LogP contribution in [0, 0.1) is 0 Å². The lowest BCUT2D eigenvalue weighted by Crippen LogP contribution is -2.46. The van der Waals surface area contributed by atoms with Crippen LogP contribution in [-0.2, 0) is 16.1 Å². The SMILES string of the molecule is CC(C)(C)N(Cc1ccccc1)C(=O)COC(=O)c1ccc(N2C(=O)c3ccccc3C2=O)cc1. The lowest BCUT2D eigenvalue weighted by molar-refractivity contribution is -0.140. The normalized spacial score (nSPS) is 12.9. The highest BCUT2D eigenvalue weighted by molar-refractivity contribution is 6.34. The number of esters is 1. The van der Waals surface area contributed by atoms with E-state index in [2.05, 4.69) is 0 Å². The monoisotopic (exact) mass is 470 g/mol. The molecule has 0 aliphatic carbocycles. The standard InChI is InChI=1S/C28H26N2O5/c1-28(2,3)29(17-19-9-5-4-6-10-19)24(31)18-35-27(34)20-13-15-21(16-14-20)30-25(32)22-11-7-8-12-23(22)26(30)33/h4-16H,17-18H2,1-3H3. The van der Waals surface area contributed by atoms with Crippen LogP contribution in [-0.4, -0.2) is 40.7 Å². The zero-order valence-corrected chi connectivity index (χ0v) is 19.9. The lowest BCUT2D eigenvalue weighted by Gasteiger charge is -2.35. The molecule has 3 amide bonds. The van der Waals surface area contributed by atoms with Crippen LogP contribution in [0.5, 0.6) is 0 Å². The molecule has 0 spiro atoms. The van der Waals surface area contributed by atoms with Gasteiger partial charge in [-0.25, -0.2) is 9.69 Å². The second kappa shape index (κ2) is 9.54. The Bertz CT molecular complexity index is 1240. The number of nitrogens with zero attached hydrogens (tertiary/aromatic N) is 2. The zero-order valence-electron chi connectivity index (χ0n) is 19.9. The summed E-state index contributed by atoms with van der Waals surface area (Å²) in [5.41, 5.74) is 1.77. The minimum atomic E-state index is -0.666. The predicted molar refractivity (Wildman–Crippen MR) is 131 cm³/mol. The van der Waals surface area contributed by atoms with Crippen molar-refractivity contribution in [2.75, 3.05) is 11.5 Å². The van der Waals surface area contributed by atoms with Gasteiger partial charge in [0.2, 0.25) is 0 Å². The Hall–Kier alpha value is -4.26. The largest absolute Gasteiger partial charge is 0.452 e.